The van der Waals surface area contributed by atoms with Crippen molar-refractivity contribution in [3.8, 4) is 0 Å². The van der Waals surface area contributed by atoms with Crippen molar-refractivity contribution in [3.63, 3.8) is 0 Å². The second-order valence-corrected chi connectivity index (χ2v) is 8.51. The molecule has 4 rings (SSSR count). The zero-order valence-electron chi connectivity index (χ0n) is 17.4. The van der Waals surface area contributed by atoms with Gasteiger partial charge in [0.1, 0.15) is 5.82 Å². The number of aliphatic imine (C=N–C) groups is 1. The Morgan fingerprint density at radius 3 is 2.61 bits per heavy atom. The minimum atomic E-state index is 0. The lowest BCUT2D eigenvalue weighted by molar-refractivity contribution is 0.151. The number of piperazine rings is 1. The average molecular weight is 498 g/mol. The van der Waals surface area contributed by atoms with E-state index < -0.39 is 0 Å². The molecule has 7 heteroatoms. The van der Waals surface area contributed by atoms with Gasteiger partial charge in [-0.05, 0) is 56.3 Å². The summed E-state index contributed by atoms with van der Waals surface area (Å²) in [5, 5.41) is 3.51. The molecule has 0 aromatic carbocycles. The average Bonchev–Trinajstić information content (AvgIpc) is 3.12. The van der Waals surface area contributed by atoms with Crippen molar-refractivity contribution in [2.45, 2.75) is 39.2 Å². The van der Waals surface area contributed by atoms with E-state index in [0.29, 0.717) is 5.41 Å². The number of hydrogen-bond donors (Lipinski definition) is 1. The van der Waals surface area contributed by atoms with Gasteiger partial charge in [0, 0.05) is 52.0 Å². The summed E-state index contributed by atoms with van der Waals surface area (Å²) in [5.41, 5.74) is 1.84. The van der Waals surface area contributed by atoms with E-state index >= 15 is 0 Å². The van der Waals surface area contributed by atoms with Crippen LogP contribution in [0.25, 0.3) is 0 Å². The molecule has 1 N–H and O–H groups in total. The van der Waals surface area contributed by atoms with Gasteiger partial charge in [0.25, 0.3) is 0 Å². The zero-order valence-corrected chi connectivity index (χ0v) is 19.7. The maximum absolute atomic E-state index is 4.96. The number of nitrogens with one attached hydrogen (secondary N) is 1. The Morgan fingerprint density at radius 1 is 1.18 bits per heavy atom. The van der Waals surface area contributed by atoms with E-state index in [-0.39, 0.29) is 24.0 Å². The molecule has 3 fully saturated rings. The smallest absolute Gasteiger partial charge is 0.194 e. The molecule has 156 valence electrons. The highest BCUT2D eigenvalue weighted by Gasteiger charge is 2.43. The Kier molecular flexibility index (Phi) is 7.42. The summed E-state index contributed by atoms with van der Waals surface area (Å²) in [4.78, 5) is 16.8. The zero-order chi connectivity index (χ0) is 18.7. The number of aromatic nitrogens is 1. The number of rotatable bonds is 4. The van der Waals surface area contributed by atoms with Crippen LogP contribution in [-0.2, 0) is 6.54 Å². The normalized spacial score (nSPS) is 22.1. The first-order valence-corrected chi connectivity index (χ1v) is 10.6. The molecule has 0 radical (unpaired) electrons. The molecule has 2 aliphatic heterocycles. The van der Waals surface area contributed by atoms with Crippen LogP contribution in [-0.4, -0.2) is 73.6 Å². The molecular weight excluding hydrogens is 463 g/mol. The van der Waals surface area contributed by atoms with Crippen LogP contribution in [0, 0.1) is 5.41 Å². The number of guanidine groups is 1. The number of pyridine rings is 1. The van der Waals surface area contributed by atoms with Gasteiger partial charge in [-0.15, -0.1) is 24.0 Å². The third kappa shape index (κ3) is 4.90. The minimum absolute atomic E-state index is 0. The molecule has 0 atom stereocenters. The number of halogens is 1. The summed E-state index contributed by atoms with van der Waals surface area (Å²) in [5.74, 6) is 2.18. The monoisotopic (exact) mass is 498 g/mol. The topological polar surface area (TPSA) is 47.0 Å². The minimum Gasteiger partial charge on any atom is -0.357 e. The largest absolute Gasteiger partial charge is 0.357 e. The van der Waals surface area contributed by atoms with Gasteiger partial charge in [-0.25, -0.2) is 9.98 Å². The maximum Gasteiger partial charge on any atom is 0.194 e. The quantitative estimate of drug-likeness (QED) is 0.393. The van der Waals surface area contributed by atoms with Crippen LogP contribution in [0.3, 0.4) is 0 Å². The van der Waals surface area contributed by atoms with Crippen LogP contribution in [0.4, 0.5) is 5.82 Å². The Hall–Kier alpha value is -1.09. The Balaban J connectivity index is 0.00000225. The molecule has 6 nitrogen and oxygen atoms in total. The summed E-state index contributed by atoms with van der Waals surface area (Å²) < 4.78 is 0. The van der Waals surface area contributed by atoms with E-state index in [9.17, 15) is 0 Å². The molecule has 0 unspecified atom stereocenters. The summed E-state index contributed by atoms with van der Waals surface area (Å²) >= 11 is 0. The molecule has 3 heterocycles. The molecule has 28 heavy (non-hydrogen) atoms. The second-order valence-electron chi connectivity index (χ2n) is 8.51. The van der Waals surface area contributed by atoms with Gasteiger partial charge in [-0.2, -0.15) is 0 Å². The van der Waals surface area contributed by atoms with E-state index in [0.717, 1.165) is 57.6 Å². The first kappa shape index (κ1) is 21.6. The molecule has 2 saturated heterocycles. The lowest BCUT2D eigenvalue weighted by Gasteiger charge is -2.38. The number of likely N-dealkylation sites (N-methyl/N-ethyl adjacent to an activating group) is 1. The van der Waals surface area contributed by atoms with Gasteiger partial charge in [-0.1, -0.05) is 6.42 Å². The van der Waals surface area contributed by atoms with E-state index in [4.69, 9.17) is 4.99 Å². The number of hydrogen-bond acceptors (Lipinski definition) is 4. The molecule has 1 aromatic heterocycles. The van der Waals surface area contributed by atoms with E-state index in [1.807, 2.05) is 6.20 Å². The van der Waals surface area contributed by atoms with Crippen LogP contribution in [0.2, 0.25) is 0 Å². The fourth-order valence-electron chi connectivity index (χ4n) is 4.56. The number of nitrogens with zero attached hydrogens (tertiary/aromatic N) is 5. The summed E-state index contributed by atoms with van der Waals surface area (Å²) in [6, 6.07) is 4.32. The van der Waals surface area contributed by atoms with Crippen molar-refractivity contribution in [1.82, 2.24) is 20.1 Å². The molecule has 0 bridgehead atoms. The third-order valence-corrected chi connectivity index (χ3v) is 6.54. The van der Waals surface area contributed by atoms with Gasteiger partial charge >= 0.3 is 0 Å². The first-order valence-electron chi connectivity index (χ1n) is 10.6. The van der Waals surface area contributed by atoms with Crippen molar-refractivity contribution in [2.24, 2.45) is 10.4 Å². The van der Waals surface area contributed by atoms with Gasteiger partial charge in [0.15, 0.2) is 5.96 Å². The van der Waals surface area contributed by atoms with Gasteiger partial charge in [0.05, 0.1) is 6.54 Å². The SMILES string of the molecule is CCNC(=NCc1ccnc(N2CCN(C)CC2)c1)N1CCC2(CCC2)C1.I. The van der Waals surface area contributed by atoms with E-state index in [1.54, 1.807) is 0 Å². The first-order chi connectivity index (χ1) is 13.2. The maximum atomic E-state index is 4.96. The van der Waals surface area contributed by atoms with Crippen LogP contribution in [0.1, 0.15) is 38.2 Å². The third-order valence-electron chi connectivity index (χ3n) is 6.54. The fourth-order valence-corrected chi connectivity index (χ4v) is 4.56. The lowest BCUT2D eigenvalue weighted by Crippen LogP contribution is -2.44. The highest BCUT2D eigenvalue weighted by Crippen LogP contribution is 2.47. The summed E-state index contributed by atoms with van der Waals surface area (Å²) in [6.07, 6.45) is 7.49. The predicted molar refractivity (Wildman–Crippen MR) is 127 cm³/mol. The van der Waals surface area contributed by atoms with Crippen molar-refractivity contribution in [3.05, 3.63) is 23.9 Å². The van der Waals surface area contributed by atoms with E-state index in [2.05, 4.69) is 51.1 Å². The van der Waals surface area contributed by atoms with Crippen LogP contribution < -0.4 is 10.2 Å². The predicted octanol–water partition coefficient (Wildman–Crippen LogP) is 2.79. The molecule has 0 amide bonds. The van der Waals surface area contributed by atoms with Crippen molar-refractivity contribution >= 4 is 35.8 Å². The molecule has 3 aliphatic rings. The fraction of sp³-hybridized carbons (Fsp3) is 0.714. The van der Waals surface area contributed by atoms with Crippen LogP contribution in [0.5, 0.6) is 0 Å². The van der Waals surface area contributed by atoms with Crippen LogP contribution >= 0.6 is 24.0 Å². The number of likely N-dealkylation sites (tertiary alicyclic amines) is 1. The van der Waals surface area contributed by atoms with Gasteiger partial charge in [0.2, 0.25) is 0 Å². The van der Waals surface area contributed by atoms with Crippen molar-refractivity contribution in [2.75, 3.05) is 57.8 Å². The molecular formula is C21H35IN6. The second kappa shape index (κ2) is 9.61. The Labute approximate surface area is 186 Å². The highest BCUT2D eigenvalue weighted by atomic mass is 127. The Morgan fingerprint density at radius 2 is 1.96 bits per heavy atom. The van der Waals surface area contributed by atoms with Crippen molar-refractivity contribution in [1.29, 1.82) is 0 Å². The Bertz CT molecular complexity index is 667. The molecule has 1 spiro atoms. The summed E-state index contributed by atoms with van der Waals surface area (Å²) in [7, 11) is 2.18. The van der Waals surface area contributed by atoms with Crippen molar-refractivity contribution < 1.29 is 0 Å². The van der Waals surface area contributed by atoms with Crippen LogP contribution in [0.15, 0.2) is 23.3 Å². The number of anilines is 1. The highest BCUT2D eigenvalue weighted by molar-refractivity contribution is 14.0. The van der Waals surface area contributed by atoms with Gasteiger partial charge in [-0.3, -0.25) is 0 Å². The standard InChI is InChI=1S/C21H34N6.HI/c1-3-22-20(27-10-8-21(17-27)6-4-7-21)24-16-18-5-9-23-19(15-18)26-13-11-25(2)12-14-26;/h5,9,15H,3-4,6-8,10-14,16-17H2,1-2H3,(H,22,24);1H. The molecule has 1 aromatic rings. The van der Waals surface area contributed by atoms with E-state index in [1.165, 1.54) is 37.8 Å². The molecule has 1 saturated carbocycles. The molecule has 1 aliphatic carbocycles. The lowest BCUT2D eigenvalue weighted by atomic mass is 9.68. The summed E-state index contributed by atoms with van der Waals surface area (Å²) in [6.45, 7) is 10.4. The van der Waals surface area contributed by atoms with Gasteiger partial charge < -0.3 is 20.0 Å².